The van der Waals surface area contributed by atoms with Crippen molar-refractivity contribution in [1.82, 2.24) is 0 Å². The van der Waals surface area contributed by atoms with Crippen LogP contribution >= 0.6 is 0 Å². The van der Waals surface area contributed by atoms with E-state index in [9.17, 15) is 0 Å². The molecule has 0 N–H and O–H groups in total. The van der Waals surface area contributed by atoms with Gasteiger partial charge in [-0.15, -0.1) is 0 Å². The minimum atomic E-state index is 0. The van der Waals surface area contributed by atoms with E-state index >= 15 is 0 Å². The standard InChI is InChI=1S/2C7H9.Mn/c2*1-2-7-5-3-4-6-7;/h2*3-6H,2H2,1H3;. The number of hydrogen-bond donors (Lipinski definition) is 0. The van der Waals surface area contributed by atoms with Crippen molar-refractivity contribution in [3.8, 4) is 0 Å². The van der Waals surface area contributed by atoms with Gasteiger partial charge in [0.05, 0.1) is 0 Å². The fourth-order valence-electron chi connectivity index (χ4n) is 1.30. The summed E-state index contributed by atoms with van der Waals surface area (Å²) in [5, 5.41) is 0. The van der Waals surface area contributed by atoms with Gasteiger partial charge in [-0.3, -0.25) is 0 Å². The molecule has 3 radical (unpaired) electrons. The van der Waals surface area contributed by atoms with Gasteiger partial charge >= 0.3 is 0 Å². The average Bonchev–Trinajstić information content (AvgIpc) is 2.92. The first-order chi connectivity index (χ1) is 6.86. The molecule has 0 nitrogen and oxygen atoms in total. The molecular formula is C14H18Mn. The van der Waals surface area contributed by atoms with Crippen LogP contribution in [0, 0.1) is 12.8 Å². The van der Waals surface area contributed by atoms with E-state index in [-0.39, 0.29) is 17.1 Å². The summed E-state index contributed by atoms with van der Waals surface area (Å²) in [4.78, 5) is 0. The quantitative estimate of drug-likeness (QED) is 0.636. The van der Waals surface area contributed by atoms with E-state index in [1.807, 2.05) is 0 Å². The third kappa shape index (κ3) is 5.81. The van der Waals surface area contributed by atoms with Crippen molar-refractivity contribution >= 4 is 0 Å². The Kier molecular flexibility index (Phi) is 8.46. The topological polar surface area (TPSA) is 0 Å². The molecular weight excluding hydrogens is 223 g/mol. The van der Waals surface area contributed by atoms with Crippen molar-refractivity contribution in [2.24, 2.45) is 0 Å². The molecule has 0 atom stereocenters. The van der Waals surface area contributed by atoms with Crippen molar-refractivity contribution in [3.63, 3.8) is 0 Å². The van der Waals surface area contributed by atoms with Gasteiger partial charge in [0.1, 0.15) is 0 Å². The molecule has 1 heteroatoms. The maximum Gasteiger partial charge on any atom is 0.00833 e. The largest absolute Gasteiger partial charge is 0.0764 e. The Morgan fingerprint density at radius 3 is 1.27 bits per heavy atom. The van der Waals surface area contributed by atoms with E-state index in [2.05, 4.69) is 63.1 Å². The van der Waals surface area contributed by atoms with E-state index in [1.165, 1.54) is 11.1 Å². The summed E-state index contributed by atoms with van der Waals surface area (Å²) in [5.74, 6) is 0. The van der Waals surface area contributed by atoms with E-state index in [1.54, 1.807) is 0 Å². The Balaban J connectivity index is 0.000000245. The summed E-state index contributed by atoms with van der Waals surface area (Å²) in [6, 6.07) is 0. The van der Waals surface area contributed by atoms with E-state index in [0.717, 1.165) is 12.8 Å². The molecule has 0 aromatic carbocycles. The summed E-state index contributed by atoms with van der Waals surface area (Å²) in [5.41, 5.74) is 2.86. The van der Waals surface area contributed by atoms with E-state index in [0.29, 0.717) is 0 Å². The van der Waals surface area contributed by atoms with Crippen molar-refractivity contribution < 1.29 is 17.1 Å². The first kappa shape index (κ1) is 14.5. The van der Waals surface area contributed by atoms with Gasteiger partial charge in [-0.05, 0) is 12.8 Å². The monoisotopic (exact) mass is 241 g/mol. The normalized spacial score (nSPS) is 16.4. The fourth-order valence-corrected chi connectivity index (χ4v) is 1.30. The predicted octanol–water partition coefficient (Wildman–Crippen LogP) is 4.19. The minimum absolute atomic E-state index is 0. The molecule has 0 saturated carbocycles. The number of hydrogen-bond acceptors (Lipinski definition) is 0. The second kappa shape index (κ2) is 8.76. The first-order valence-corrected chi connectivity index (χ1v) is 5.28. The second-order valence-corrected chi connectivity index (χ2v) is 3.29. The summed E-state index contributed by atoms with van der Waals surface area (Å²) in [6.07, 6.45) is 19.1. The molecule has 0 unspecified atom stereocenters. The van der Waals surface area contributed by atoms with Crippen LogP contribution in [0.4, 0.5) is 0 Å². The molecule has 15 heavy (non-hydrogen) atoms. The van der Waals surface area contributed by atoms with Gasteiger partial charge in [-0.25, -0.2) is 0 Å². The molecule has 0 heterocycles. The van der Waals surface area contributed by atoms with Crippen LogP contribution in [-0.4, -0.2) is 0 Å². The van der Waals surface area contributed by atoms with Gasteiger partial charge in [0.2, 0.25) is 0 Å². The van der Waals surface area contributed by atoms with Crippen LogP contribution in [0.5, 0.6) is 0 Å². The van der Waals surface area contributed by atoms with Crippen LogP contribution in [0.2, 0.25) is 0 Å². The zero-order valence-electron chi connectivity index (χ0n) is 9.41. The predicted molar refractivity (Wildman–Crippen MR) is 63.6 cm³/mol. The summed E-state index contributed by atoms with van der Waals surface area (Å²) in [7, 11) is 0. The Morgan fingerprint density at radius 2 is 1.13 bits per heavy atom. The molecule has 81 valence electrons. The zero-order valence-corrected chi connectivity index (χ0v) is 10.6. The third-order valence-electron chi connectivity index (χ3n) is 2.28. The van der Waals surface area contributed by atoms with Gasteiger partial charge in [0.25, 0.3) is 0 Å². The van der Waals surface area contributed by atoms with E-state index in [4.69, 9.17) is 0 Å². The zero-order chi connectivity index (χ0) is 10.2. The van der Waals surface area contributed by atoms with Gasteiger partial charge < -0.3 is 0 Å². The van der Waals surface area contributed by atoms with Gasteiger partial charge in [0.15, 0.2) is 0 Å². The van der Waals surface area contributed by atoms with Crippen molar-refractivity contribution in [3.05, 3.63) is 60.4 Å². The number of allylic oxidation sites excluding steroid dienone is 8. The fraction of sp³-hybridized carbons (Fsp3) is 0.286. The summed E-state index contributed by atoms with van der Waals surface area (Å²) in [6.45, 7) is 4.32. The SMILES string of the molecule is CCC1=CC=C[CH]1.CCC1=CC=C[CH]1.[Mn]. The molecule has 0 fully saturated rings. The maximum atomic E-state index is 2.16. The maximum absolute atomic E-state index is 2.16. The molecule has 0 bridgehead atoms. The molecule has 2 rings (SSSR count). The van der Waals surface area contributed by atoms with Gasteiger partial charge in [0, 0.05) is 29.9 Å². The third-order valence-corrected chi connectivity index (χ3v) is 2.28. The Labute approximate surface area is 104 Å². The Hall–Kier alpha value is -0.521. The Morgan fingerprint density at radius 1 is 0.733 bits per heavy atom. The van der Waals surface area contributed by atoms with Crippen LogP contribution in [0.3, 0.4) is 0 Å². The van der Waals surface area contributed by atoms with Gasteiger partial charge in [-0.1, -0.05) is 61.4 Å². The van der Waals surface area contributed by atoms with Gasteiger partial charge in [-0.2, -0.15) is 0 Å². The molecule has 2 aliphatic carbocycles. The summed E-state index contributed by atoms with van der Waals surface area (Å²) < 4.78 is 0. The van der Waals surface area contributed by atoms with Crippen LogP contribution in [0.25, 0.3) is 0 Å². The first-order valence-electron chi connectivity index (χ1n) is 5.28. The van der Waals surface area contributed by atoms with Crippen molar-refractivity contribution in [2.75, 3.05) is 0 Å². The molecule has 0 aliphatic heterocycles. The molecule has 0 saturated heterocycles. The molecule has 0 amide bonds. The van der Waals surface area contributed by atoms with Crippen LogP contribution in [0.15, 0.2) is 47.6 Å². The molecule has 0 aromatic rings. The van der Waals surface area contributed by atoms with Crippen LogP contribution in [-0.2, 0) is 17.1 Å². The van der Waals surface area contributed by atoms with Crippen molar-refractivity contribution in [2.45, 2.75) is 26.7 Å². The van der Waals surface area contributed by atoms with Crippen molar-refractivity contribution in [1.29, 1.82) is 0 Å². The van der Waals surface area contributed by atoms with Crippen LogP contribution < -0.4 is 0 Å². The number of rotatable bonds is 2. The van der Waals surface area contributed by atoms with E-state index < -0.39 is 0 Å². The molecule has 2 aliphatic rings. The Bertz CT molecular complexity index is 250. The average molecular weight is 241 g/mol. The minimum Gasteiger partial charge on any atom is -0.0764 e. The summed E-state index contributed by atoms with van der Waals surface area (Å²) >= 11 is 0. The molecule has 0 aromatic heterocycles. The smallest absolute Gasteiger partial charge is 0.00833 e. The second-order valence-electron chi connectivity index (χ2n) is 3.29. The van der Waals surface area contributed by atoms with Crippen LogP contribution in [0.1, 0.15) is 26.7 Å². The molecule has 0 spiro atoms.